The van der Waals surface area contributed by atoms with E-state index in [0.29, 0.717) is 5.90 Å². The third kappa shape index (κ3) is 4.33. The van der Waals surface area contributed by atoms with Crippen LogP contribution in [0.2, 0.25) is 0 Å². The molecule has 1 unspecified atom stereocenters. The predicted molar refractivity (Wildman–Crippen MR) is 176 cm³/mol. The lowest BCUT2D eigenvalue weighted by Crippen LogP contribution is -2.20. The van der Waals surface area contributed by atoms with Crippen LogP contribution in [0.25, 0.3) is 42.4 Å². The van der Waals surface area contributed by atoms with E-state index in [-0.39, 0.29) is 6.23 Å². The zero-order chi connectivity index (χ0) is 27.9. The van der Waals surface area contributed by atoms with Crippen LogP contribution in [0.4, 0.5) is 5.69 Å². The maximum absolute atomic E-state index is 6.63. The van der Waals surface area contributed by atoms with Crippen molar-refractivity contribution in [3.05, 3.63) is 163 Å². The molecule has 0 radical (unpaired) electrons. The molecule has 1 aromatic heterocycles. The Morgan fingerprint density at radius 1 is 0.524 bits per heavy atom. The molecule has 1 aliphatic rings. The fourth-order valence-electron chi connectivity index (χ4n) is 5.68. The van der Waals surface area contributed by atoms with Gasteiger partial charge in [0.15, 0.2) is 0 Å². The van der Waals surface area contributed by atoms with E-state index in [0.717, 1.165) is 22.4 Å². The van der Waals surface area contributed by atoms with Gasteiger partial charge >= 0.3 is 0 Å². The molecular weight excluding hydrogens is 532 g/mol. The molecule has 1 aliphatic heterocycles. The summed E-state index contributed by atoms with van der Waals surface area (Å²) in [6.07, 6.45) is -0.388. The van der Waals surface area contributed by atoms with Crippen molar-refractivity contribution in [2.75, 3.05) is 5.01 Å². The molecule has 6 aromatic carbocycles. The van der Waals surface area contributed by atoms with E-state index in [1.54, 1.807) is 0 Å². The number of nitrogens with zero attached hydrogens (tertiary/aromatic N) is 2. The monoisotopic (exact) mass is 558 g/mol. The van der Waals surface area contributed by atoms with E-state index in [1.807, 2.05) is 47.7 Å². The molecule has 0 saturated heterocycles. The first-order chi connectivity index (χ1) is 20.8. The van der Waals surface area contributed by atoms with Crippen molar-refractivity contribution >= 4 is 43.1 Å². The van der Waals surface area contributed by atoms with Gasteiger partial charge in [0.25, 0.3) is 0 Å². The van der Waals surface area contributed by atoms with E-state index >= 15 is 0 Å². The summed E-state index contributed by atoms with van der Waals surface area (Å²) in [6.45, 7) is 0. The number of thiophene rings is 1. The van der Waals surface area contributed by atoms with Crippen LogP contribution in [0.3, 0.4) is 0 Å². The molecule has 0 spiro atoms. The summed E-state index contributed by atoms with van der Waals surface area (Å²) in [5.74, 6) is 0.621. The van der Waals surface area contributed by atoms with Crippen molar-refractivity contribution in [3.8, 4) is 22.3 Å². The highest BCUT2D eigenvalue weighted by atomic mass is 32.1. The molecule has 8 rings (SSSR count). The third-order valence-electron chi connectivity index (χ3n) is 7.76. The maximum Gasteiger partial charge on any atom is 0.241 e. The van der Waals surface area contributed by atoms with Crippen molar-refractivity contribution < 1.29 is 4.74 Å². The Morgan fingerprint density at radius 2 is 1.12 bits per heavy atom. The topological polar surface area (TPSA) is 24.8 Å². The smallest absolute Gasteiger partial charge is 0.241 e. The molecule has 42 heavy (non-hydrogen) atoms. The molecule has 3 nitrogen and oxygen atoms in total. The largest absolute Gasteiger partial charge is 0.446 e. The lowest BCUT2D eigenvalue weighted by molar-refractivity contribution is 0.218. The number of hydrazone groups is 1. The van der Waals surface area contributed by atoms with E-state index in [1.165, 1.54) is 36.9 Å². The molecule has 7 aromatic rings. The summed E-state index contributed by atoms with van der Waals surface area (Å²) in [7, 11) is 0. The van der Waals surface area contributed by atoms with Crippen LogP contribution in [0.5, 0.6) is 0 Å². The van der Waals surface area contributed by atoms with Crippen molar-refractivity contribution in [2.24, 2.45) is 5.10 Å². The lowest BCUT2D eigenvalue weighted by atomic mass is 10.00. The van der Waals surface area contributed by atoms with Gasteiger partial charge < -0.3 is 4.74 Å². The Kier molecular flexibility index (Phi) is 6.05. The average molecular weight is 559 g/mol. The Labute approximate surface area is 248 Å². The molecule has 0 fully saturated rings. The minimum atomic E-state index is -0.388. The van der Waals surface area contributed by atoms with Crippen molar-refractivity contribution in [1.29, 1.82) is 0 Å². The molecule has 2 heterocycles. The van der Waals surface area contributed by atoms with Crippen LogP contribution in [-0.4, -0.2) is 5.90 Å². The standard InChI is InChI=1S/C38H26N2OS/c1-5-13-26(14-6-1)30-21-22-32-33-23-31(27-15-7-2-8-16-27)24-34(36(33)42-35(32)25-30)40-38(29-19-11-4-12-20-29)41-37(39-40)28-17-9-3-10-18-28/h1-25,38H. The molecule has 0 bridgehead atoms. The van der Waals surface area contributed by atoms with Crippen molar-refractivity contribution in [3.63, 3.8) is 0 Å². The second-order valence-corrected chi connectivity index (χ2v) is 11.5. The number of anilines is 1. The van der Waals surface area contributed by atoms with E-state index < -0.39 is 0 Å². The quantitative estimate of drug-likeness (QED) is 0.210. The molecule has 0 amide bonds. The minimum absolute atomic E-state index is 0.388. The Morgan fingerprint density at radius 3 is 1.79 bits per heavy atom. The first-order valence-electron chi connectivity index (χ1n) is 14.1. The summed E-state index contributed by atoms with van der Waals surface area (Å²) < 4.78 is 9.07. The SMILES string of the molecule is c1ccc(C2=NN(c3cc(-c4ccccc4)cc4c3sc3cc(-c5ccccc5)ccc34)C(c3ccccc3)O2)cc1. The van der Waals surface area contributed by atoms with Gasteiger partial charge in [-0.1, -0.05) is 121 Å². The summed E-state index contributed by atoms with van der Waals surface area (Å²) in [6, 6.07) is 53.1. The van der Waals surface area contributed by atoms with Gasteiger partial charge in [-0.2, -0.15) is 0 Å². The van der Waals surface area contributed by atoms with E-state index in [2.05, 4.69) is 120 Å². The average Bonchev–Trinajstić information content (AvgIpc) is 3.68. The molecular formula is C38H26N2OS. The van der Waals surface area contributed by atoms with Gasteiger partial charge in [-0.25, -0.2) is 5.01 Å². The number of hydrogen-bond acceptors (Lipinski definition) is 4. The van der Waals surface area contributed by atoms with Crippen molar-refractivity contribution in [2.45, 2.75) is 6.23 Å². The van der Waals surface area contributed by atoms with E-state index in [9.17, 15) is 0 Å². The van der Waals surface area contributed by atoms with Gasteiger partial charge in [-0.05, 0) is 52.6 Å². The van der Waals surface area contributed by atoms with Gasteiger partial charge in [0.05, 0.1) is 10.4 Å². The molecule has 200 valence electrons. The van der Waals surface area contributed by atoms with Crippen LogP contribution >= 0.6 is 11.3 Å². The third-order valence-corrected chi connectivity index (χ3v) is 8.95. The second kappa shape index (κ2) is 10.3. The molecule has 0 saturated carbocycles. The highest BCUT2D eigenvalue weighted by Crippen LogP contribution is 2.47. The number of fused-ring (bicyclic) bond motifs is 3. The van der Waals surface area contributed by atoms with Gasteiger partial charge in [-0.15, -0.1) is 16.4 Å². The maximum atomic E-state index is 6.63. The molecule has 1 atom stereocenters. The molecule has 4 heteroatoms. The normalized spacial score (nSPS) is 14.7. The molecule has 0 aliphatic carbocycles. The van der Waals surface area contributed by atoms with Gasteiger partial charge in [-0.3, -0.25) is 0 Å². The number of hydrogen-bond donors (Lipinski definition) is 0. The fraction of sp³-hybridized carbons (Fsp3) is 0.0263. The summed E-state index contributed by atoms with van der Waals surface area (Å²) in [5, 5.41) is 9.68. The highest BCUT2D eigenvalue weighted by molar-refractivity contribution is 7.26. The van der Waals surface area contributed by atoms with Gasteiger partial charge in [0.1, 0.15) is 0 Å². The summed E-state index contributed by atoms with van der Waals surface area (Å²) in [5.41, 5.74) is 7.81. The predicted octanol–water partition coefficient (Wildman–Crippen LogP) is 10.3. The zero-order valence-corrected chi connectivity index (χ0v) is 23.5. The van der Waals surface area contributed by atoms with Crippen LogP contribution in [0.15, 0.2) is 157 Å². The minimum Gasteiger partial charge on any atom is -0.446 e. The number of ether oxygens (including phenoxy) is 1. The van der Waals surface area contributed by atoms with Gasteiger partial charge in [0.2, 0.25) is 12.1 Å². The zero-order valence-electron chi connectivity index (χ0n) is 22.7. The summed E-state index contributed by atoms with van der Waals surface area (Å²) in [4.78, 5) is 0. The number of rotatable bonds is 5. The Bertz CT molecular complexity index is 2050. The lowest BCUT2D eigenvalue weighted by Gasteiger charge is -2.23. The Hall–Kier alpha value is -5.19. The molecule has 0 N–H and O–H groups in total. The first kappa shape index (κ1) is 24.6. The number of benzene rings is 6. The van der Waals surface area contributed by atoms with Crippen LogP contribution in [-0.2, 0) is 4.74 Å². The van der Waals surface area contributed by atoms with Crippen LogP contribution in [0, 0.1) is 0 Å². The fourth-order valence-corrected chi connectivity index (χ4v) is 6.91. The summed E-state index contributed by atoms with van der Waals surface area (Å²) >= 11 is 1.82. The second-order valence-electron chi connectivity index (χ2n) is 10.4. The first-order valence-corrected chi connectivity index (χ1v) is 14.9. The van der Waals surface area contributed by atoms with Crippen molar-refractivity contribution in [1.82, 2.24) is 0 Å². The van der Waals surface area contributed by atoms with E-state index in [4.69, 9.17) is 9.84 Å². The van der Waals surface area contributed by atoms with Crippen LogP contribution < -0.4 is 5.01 Å². The highest BCUT2D eigenvalue weighted by Gasteiger charge is 2.33. The van der Waals surface area contributed by atoms with Crippen LogP contribution in [0.1, 0.15) is 17.4 Å². The Balaban J connectivity index is 1.37. The van der Waals surface area contributed by atoms with Gasteiger partial charge in [0, 0.05) is 26.6 Å².